The van der Waals surface area contributed by atoms with Gasteiger partial charge in [-0.25, -0.2) is 0 Å². The van der Waals surface area contributed by atoms with Crippen LogP contribution in [0.3, 0.4) is 0 Å². The number of piperazine rings is 1. The molecule has 0 radical (unpaired) electrons. The second-order valence-electron chi connectivity index (χ2n) is 6.17. The third-order valence-electron chi connectivity index (χ3n) is 4.67. The molecular formula is C20H23ClN2O4. The molecule has 0 N–H and O–H groups in total. The zero-order valence-corrected chi connectivity index (χ0v) is 16.5. The van der Waals surface area contributed by atoms with Crippen LogP contribution >= 0.6 is 11.6 Å². The molecule has 1 saturated heterocycles. The molecule has 0 aliphatic carbocycles. The minimum absolute atomic E-state index is 0.0509. The zero-order chi connectivity index (χ0) is 19.4. The highest BCUT2D eigenvalue weighted by Crippen LogP contribution is 2.38. The summed E-state index contributed by atoms with van der Waals surface area (Å²) in [5.41, 5.74) is 1.63. The van der Waals surface area contributed by atoms with Crippen LogP contribution in [0.4, 0.5) is 5.69 Å². The van der Waals surface area contributed by atoms with E-state index in [-0.39, 0.29) is 5.91 Å². The zero-order valence-electron chi connectivity index (χ0n) is 15.7. The maximum Gasteiger partial charge on any atom is 0.254 e. The number of hydrogen-bond donors (Lipinski definition) is 0. The summed E-state index contributed by atoms with van der Waals surface area (Å²) in [6.07, 6.45) is 0. The summed E-state index contributed by atoms with van der Waals surface area (Å²) in [5, 5.41) is 0.718. The van der Waals surface area contributed by atoms with Gasteiger partial charge in [-0.3, -0.25) is 4.79 Å². The van der Waals surface area contributed by atoms with Crippen LogP contribution in [-0.2, 0) is 0 Å². The first-order valence-corrected chi connectivity index (χ1v) is 9.05. The van der Waals surface area contributed by atoms with Crippen LogP contribution in [0.5, 0.6) is 17.2 Å². The third kappa shape index (κ3) is 4.06. The maximum absolute atomic E-state index is 13.0. The Kier molecular flexibility index (Phi) is 5.96. The average molecular weight is 391 g/mol. The number of halogens is 1. The molecule has 27 heavy (non-hydrogen) atoms. The normalized spacial score (nSPS) is 14.1. The van der Waals surface area contributed by atoms with Crippen molar-refractivity contribution >= 4 is 23.2 Å². The van der Waals surface area contributed by atoms with Crippen LogP contribution in [0.15, 0.2) is 36.4 Å². The predicted octanol–water partition coefficient (Wildman–Crippen LogP) is 3.33. The first kappa shape index (κ1) is 19.2. The van der Waals surface area contributed by atoms with E-state index in [4.69, 9.17) is 25.8 Å². The average Bonchev–Trinajstić information content (AvgIpc) is 2.72. The largest absolute Gasteiger partial charge is 0.493 e. The Morgan fingerprint density at radius 2 is 1.44 bits per heavy atom. The molecule has 1 amide bonds. The number of anilines is 1. The van der Waals surface area contributed by atoms with Crippen molar-refractivity contribution in [2.24, 2.45) is 0 Å². The van der Waals surface area contributed by atoms with Crippen LogP contribution < -0.4 is 19.1 Å². The van der Waals surface area contributed by atoms with Crippen molar-refractivity contribution in [1.82, 2.24) is 4.90 Å². The Morgan fingerprint density at radius 3 is 1.93 bits per heavy atom. The molecule has 1 heterocycles. The second kappa shape index (κ2) is 8.39. The molecule has 0 aromatic heterocycles. The van der Waals surface area contributed by atoms with E-state index in [0.29, 0.717) is 35.9 Å². The molecule has 2 aromatic carbocycles. The van der Waals surface area contributed by atoms with E-state index in [9.17, 15) is 4.79 Å². The van der Waals surface area contributed by atoms with Gasteiger partial charge in [-0.05, 0) is 36.4 Å². The number of benzene rings is 2. The minimum atomic E-state index is -0.0509. The van der Waals surface area contributed by atoms with Gasteiger partial charge in [0.25, 0.3) is 5.91 Å². The standard InChI is InChI=1S/C20H23ClN2O4/c1-25-17-12-14(13-18(26-2)19(17)27-3)20(24)23-10-8-22(9-11-23)16-6-4-15(21)5-7-16/h4-7,12-13H,8-11H2,1-3H3. The second-order valence-corrected chi connectivity index (χ2v) is 6.61. The Balaban J connectivity index is 1.73. The third-order valence-corrected chi connectivity index (χ3v) is 4.92. The van der Waals surface area contributed by atoms with Crippen molar-refractivity contribution in [3.05, 3.63) is 47.0 Å². The molecule has 1 fully saturated rings. The van der Waals surface area contributed by atoms with Gasteiger partial charge in [0.05, 0.1) is 21.3 Å². The summed E-state index contributed by atoms with van der Waals surface area (Å²) in [6, 6.07) is 11.1. The lowest BCUT2D eigenvalue weighted by atomic mass is 10.1. The number of carbonyl (C=O) groups excluding carboxylic acids is 1. The number of methoxy groups -OCH3 is 3. The van der Waals surface area contributed by atoms with Crippen molar-refractivity contribution in [1.29, 1.82) is 0 Å². The van der Waals surface area contributed by atoms with Gasteiger partial charge in [0.2, 0.25) is 5.75 Å². The summed E-state index contributed by atoms with van der Waals surface area (Å²) in [4.78, 5) is 17.0. The van der Waals surface area contributed by atoms with Crippen LogP contribution in [0.2, 0.25) is 5.02 Å². The summed E-state index contributed by atoms with van der Waals surface area (Å²) in [6.45, 7) is 2.80. The van der Waals surface area contributed by atoms with E-state index in [2.05, 4.69) is 4.90 Å². The van der Waals surface area contributed by atoms with E-state index >= 15 is 0 Å². The topological polar surface area (TPSA) is 51.2 Å². The SMILES string of the molecule is COc1cc(C(=O)N2CCN(c3ccc(Cl)cc3)CC2)cc(OC)c1OC. The molecule has 3 rings (SSSR count). The molecule has 0 spiro atoms. The number of ether oxygens (including phenoxy) is 3. The number of carbonyl (C=O) groups is 1. The number of hydrogen-bond acceptors (Lipinski definition) is 5. The lowest BCUT2D eigenvalue weighted by Crippen LogP contribution is -2.48. The number of amides is 1. The molecule has 1 aliphatic heterocycles. The lowest BCUT2D eigenvalue weighted by molar-refractivity contribution is 0.0746. The molecule has 7 heteroatoms. The van der Waals surface area contributed by atoms with Crippen molar-refractivity contribution in [2.45, 2.75) is 0 Å². The van der Waals surface area contributed by atoms with Crippen molar-refractivity contribution < 1.29 is 19.0 Å². The summed E-state index contributed by atoms with van der Waals surface area (Å²) in [7, 11) is 4.62. The Labute approximate surface area is 164 Å². The molecular weight excluding hydrogens is 368 g/mol. The van der Waals surface area contributed by atoms with Crippen LogP contribution in [0.1, 0.15) is 10.4 Å². The van der Waals surface area contributed by atoms with Crippen molar-refractivity contribution in [2.75, 3.05) is 52.4 Å². The highest BCUT2D eigenvalue weighted by Gasteiger charge is 2.24. The maximum atomic E-state index is 13.0. The number of nitrogens with zero attached hydrogens (tertiary/aromatic N) is 2. The van der Waals surface area contributed by atoms with Crippen LogP contribution in [0, 0.1) is 0 Å². The van der Waals surface area contributed by atoms with Crippen LogP contribution in [-0.4, -0.2) is 58.3 Å². The van der Waals surface area contributed by atoms with E-state index < -0.39 is 0 Å². The van der Waals surface area contributed by atoms with E-state index in [1.54, 1.807) is 12.1 Å². The highest BCUT2D eigenvalue weighted by molar-refractivity contribution is 6.30. The fourth-order valence-corrected chi connectivity index (χ4v) is 3.33. The first-order valence-electron chi connectivity index (χ1n) is 8.67. The smallest absolute Gasteiger partial charge is 0.254 e. The van der Waals surface area contributed by atoms with Gasteiger partial charge < -0.3 is 24.0 Å². The first-order chi connectivity index (χ1) is 13.1. The van der Waals surface area contributed by atoms with Gasteiger partial charge in [0, 0.05) is 42.5 Å². The molecule has 0 bridgehead atoms. The summed E-state index contributed by atoms with van der Waals surface area (Å²) in [5.74, 6) is 1.37. The highest BCUT2D eigenvalue weighted by atomic mass is 35.5. The molecule has 0 unspecified atom stereocenters. The summed E-state index contributed by atoms with van der Waals surface area (Å²) >= 11 is 5.95. The molecule has 6 nitrogen and oxygen atoms in total. The monoisotopic (exact) mass is 390 g/mol. The van der Waals surface area contributed by atoms with Gasteiger partial charge in [-0.1, -0.05) is 11.6 Å². The molecule has 0 atom stereocenters. The Bertz CT molecular complexity index is 777. The summed E-state index contributed by atoms with van der Waals surface area (Å²) < 4.78 is 16.0. The minimum Gasteiger partial charge on any atom is -0.493 e. The Morgan fingerprint density at radius 1 is 0.889 bits per heavy atom. The van der Waals surface area contributed by atoms with Gasteiger partial charge >= 0.3 is 0 Å². The van der Waals surface area contributed by atoms with Gasteiger partial charge in [0.1, 0.15) is 0 Å². The molecule has 144 valence electrons. The van der Waals surface area contributed by atoms with Crippen LogP contribution in [0.25, 0.3) is 0 Å². The Hall–Kier alpha value is -2.60. The molecule has 0 saturated carbocycles. The van der Waals surface area contributed by atoms with Crippen molar-refractivity contribution in [3.8, 4) is 17.2 Å². The van der Waals surface area contributed by atoms with Gasteiger partial charge in [0.15, 0.2) is 11.5 Å². The predicted molar refractivity (Wildman–Crippen MR) is 106 cm³/mol. The van der Waals surface area contributed by atoms with E-state index in [1.165, 1.54) is 21.3 Å². The van der Waals surface area contributed by atoms with E-state index in [1.807, 2.05) is 29.2 Å². The fourth-order valence-electron chi connectivity index (χ4n) is 3.21. The van der Waals surface area contributed by atoms with Gasteiger partial charge in [-0.2, -0.15) is 0 Å². The fraction of sp³-hybridized carbons (Fsp3) is 0.350. The van der Waals surface area contributed by atoms with E-state index in [0.717, 1.165) is 23.8 Å². The van der Waals surface area contributed by atoms with Crippen molar-refractivity contribution in [3.63, 3.8) is 0 Å². The number of rotatable bonds is 5. The molecule has 1 aliphatic rings. The lowest BCUT2D eigenvalue weighted by Gasteiger charge is -2.36. The van der Waals surface area contributed by atoms with Gasteiger partial charge in [-0.15, -0.1) is 0 Å². The quantitative estimate of drug-likeness (QED) is 0.783. The molecule has 2 aromatic rings.